The Hall–Kier alpha value is -2.93. The minimum absolute atomic E-state index is 0.0718. The van der Waals surface area contributed by atoms with E-state index in [0.29, 0.717) is 11.1 Å². The molecule has 6 nitrogen and oxygen atoms in total. The van der Waals surface area contributed by atoms with Crippen molar-refractivity contribution in [3.8, 4) is 0 Å². The lowest BCUT2D eigenvalue weighted by Gasteiger charge is -2.11. The topological polar surface area (TPSA) is 98.3 Å². The van der Waals surface area contributed by atoms with Crippen molar-refractivity contribution in [1.82, 2.24) is 10.6 Å². The minimum atomic E-state index is -1.43. The van der Waals surface area contributed by atoms with Gasteiger partial charge in [0.1, 0.15) is 5.70 Å². The van der Waals surface area contributed by atoms with Gasteiger partial charge in [0.05, 0.1) is 12.5 Å². The van der Waals surface area contributed by atoms with Crippen LogP contribution >= 0.6 is 15.9 Å². The van der Waals surface area contributed by atoms with E-state index in [1.165, 1.54) is 6.08 Å². The van der Waals surface area contributed by atoms with Crippen molar-refractivity contribution >= 4 is 39.8 Å². The van der Waals surface area contributed by atoms with Gasteiger partial charge in [-0.2, -0.15) is 0 Å². The van der Waals surface area contributed by atoms with Gasteiger partial charge in [-0.1, -0.05) is 46.3 Å². The van der Waals surface area contributed by atoms with Crippen LogP contribution < -0.4 is 15.7 Å². The number of halogens is 1. The van der Waals surface area contributed by atoms with E-state index in [4.69, 9.17) is 0 Å². The maximum Gasteiger partial charge on any atom is 0.268 e. The first-order valence-corrected chi connectivity index (χ1v) is 8.06. The normalized spacial score (nSPS) is 10.8. The summed E-state index contributed by atoms with van der Waals surface area (Å²) >= 11 is 3.31. The highest BCUT2D eigenvalue weighted by Gasteiger charge is 2.14. The summed E-state index contributed by atoms with van der Waals surface area (Å²) in [4.78, 5) is 35.0. The Kier molecular flexibility index (Phi) is 6.47. The van der Waals surface area contributed by atoms with Gasteiger partial charge in [-0.3, -0.25) is 9.59 Å². The molecule has 0 saturated carbocycles. The van der Waals surface area contributed by atoms with Crippen LogP contribution in [0.4, 0.5) is 0 Å². The van der Waals surface area contributed by atoms with E-state index >= 15 is 0 Å². The zero-order valence-corrected chi connectivity index (χ0v) is 14.6. The Morgan fingerprint density at radius 3 is 2.24 bits per heavy atom. The van der Waals surface area contributed by atoms with Crippen LogP contribution in [0.3, 0.4) is 0 Å². The molecule has 2 aromatic carbocycles. The molecule has 2 rings (SSSR count). The predicted molar refractivity (Wildman–Crippen MR) is 94.0 cm³/mol. The lowest BCUT2D eigenvalue weighted by molar-refractivity contribution is -0.303. The fraction of sp³-hybridized carbons (Fsp3) is 0.0556. The second-order valence-electron chi connectivity index (χ2n) is 4.98. The summed E-state index contributed by atoms with van der Waals surface area (Å²) < 4.78 is 0.862. The van der Waals surface area contributed by atoms with Crippen LogP contribution in [0.25, 0.3) is 6.08 Å². The summed E-state index contributed by atoms with van der Waals surface area (Å²) in [6.07, 6.45) is 1.46. The maximum absolute atomic E-state index is 12.3. The average Bonchev–Trinajstić information content (AvgIpc) is 2.61. The molecular formula is C18H14BrN2O4-. The summed E-state index contributed by atoms with van der Waals surface area (Å²) in [5.41, 5.74) is 0.962. The summed E-state index contributed by atoms with van der Waals surface area (Å²) in [5, 5.41) is 15.2. The SMILES string of the molecule is O=C([O-])CNC(=O)/C(=C\c1ccc(Br)cc1)NC(=O)c1ccccc1. The zero-order chi connectivity index (χ0) is 18.2. The Bertz CT molecular complexity index is 802. The van der Waals surface area contributed by atoms with Gasteiger partial charge >= 0.3 is 0 Å². The lowest BCUT2D eigenvalue weighted by Crippen LogP contribution is -2.41. The number of nitrogens with one attached hydrogen (secondary N) is 2. The number of carboxylic acid groups (broad SMARTS) is 1. The summed E-state index contributed by atoms with van der Waals surface area (Å²) in [5.74, 6) is -2.63. The van der Waals surface area contributed by atoms with E-state index in [2.05, 4.69) is 26.6 Å². The molecule has 0 atom stereocenters. The second kappa shape index (κ2) is 8.79. The second-order valence-corrected chi connectivity index (χ2v) is 5.90. The molecule has 0 radical (unpaired) electrons. The Morgan fingerprint density at radius 2 is 1.64 bits per heavy atom. The Morgan fingerprint density at radius 1 is 1.00 bits per heavy atom. The maximum atomic E-state index is 12.3. The zero-order valence-electron chi connectivity index (χ0n) is 13.0. The number of hydrogen-bond donors (Lipinski definition) is 2. The molecule has 0 bridgehead atoms. The van der Waals surface area contributed by atoms with Gasteiger partial charge in [-0.15, -0.1) is 0 Å². The van der Waals surface area contributed by atoms with Gasteiger partial charge in [-0.25, -0.2) is 0 Å². The molecule has 128 valence electrons. The van der Waals surface area contributed by atoms with E-state index < -0.39 is 24.3 Å². The highest BCUT2D eigenvalue weighted by atomic mass is 79.9. The molecule has 2 aromatic rings. The Labute approximate surface area is 152 Å². The van der Waals surface area contributed by atoms with Crippen molar-refractivity contribution in [1.29, 1.82) is 0 Å². The van der Waals surface area contributed by atoms with Crippen LogP contribution in [0.2, 0.25) is 0 Å². The summed E-state index contributed by atoms with van der Waals surface area (Å²) in [6.45, 7) is -0.655. The molecule has 2 N–H and O–H groups in total. The monoisotopic (exact) mass is 401 g/mol. The van der Waals surface area contributed by atoms with Gasteiger partial charge in [0.2, 0.25) is 0 Å². The standard InChI is InChI=1S/C18H15BrN2O4/c19-14-8-6-12(7-9-14)10-15(18(25)20-11-16(22)23)21-17(24)13-4-2-1-3-5-13/h1-10H,11H2,(H,20,25)(H,21,24)(H,22,23)/p-1/b15-10+. The van der Waals surface area contributed by atoms with Gasteiger partial charge < -0.3 is 20.5 Å². The molecule has 7 heteroatoms. The number of carboxylic acids is 1. The van der Waals surface area contributed by atoms with Crippen LogP contribution in [-0.4, -0.2) is 24.3 Å². The largest absolute Gasteiger partial charge is 0.548 e. The van der Waals surface area contributed by atoms with Gasteiger partial charge in [0.25, 0.3) is 11.8 Å². The number of benzene rings is 2. The van der Waals surface area contributed by atoms with Gasteiger partial charge in [-0.05, 0) is 35.9 Å². The summed E-state index contributed by atoms with van der Waals surface area (Å²) in [7, 11) is 0. The third-order valence-corrected chi connectivity index (χ3v) is 3.63. The molecule has 0 saturated heterocycles. The van der Waals surface area contributed by atoms with E-state index in [1.54, 1.807) is 54.6 Å². The molecule has 0 aliphatic carbocycles. The number of carbonyl (C=O) groups excluding carboxylic acids is 3. The summed E-state index contributed by atoms with van der Waals surface area (Å²) in [6, 6.07) is 15.4. The molecule has 0 fully saturated rings. The fourth-order valence-corrected chi connectivity index (χ4v) is 2.18. The van der Waals surface area contributed by atoms with Crippen LogP contribution in [0.15, 0.2) is 64.8 Å². The van der Waals surface area contributed by atoms with Gasteiger partial charge in [0, 0.05) is 10.0 Å². The Balaban J connectivity index is 2.24. The number of hydrogen-bond acceptors (Lipinski definition) is 4. The third-order valence-electron chi connectivity index (χ3n) is 3.10. The van der Waals surface area contributed by atoms with Crippen molar-refractivity contribution < 1.29 is 19.5 Å². The first-order valence-electron chi connectivity index (χ1n) is 7.27. The first-order chi connectivity index (χ1) is 12.0. The molecule has 0 spiro atoms. The molecular weight excluding hydrogens is 388 g/mol. The quantitative estimate of drug-likeness (QED) is 0.707. The number of rotatable bonds is 6. The number of aliphatic carboxylic acids is 1. The van der Waals surface area contributed by atoms with Crippen molar-refractivity contribution in [2.75, 3.05) is 6.54 Å². The lowest BCUT2D eigenvalue weighted by atomic mass is 10.1. The van der Waals surface area contributed by atoms with E-state index in [0.717, 1.165) is 4.47 Å². The van der Waals surface area contributed by atoms with Crippen molar-refractivity contribution in [3.05, 3.63) is 75.9 Å². The smallest absolute Gasteiger partial charge is 0.268 e. The number of amides is 2. The van der Waals surface area contributed by atoms with E-state index in [-0.39, 0.29) is 5.70 Å². The molecule has 25 heavy (non-hydrogen) atoms. The molecule has 0 unspecified atom stereocenters. The average molecular weight is 402 g/mol. The predicted octanol–water partition coefficient (Wildman–Crippen LogP) is 1.09. The molecule has 0 aromatic heterocycles. The van der Waals surface area contributed by atoms with E-state index in [9.17, 15) is 19.5 Å². The molecule has 0 heterocycles. The van der Waals surface area contributed by atoms with Crippen LogP contribution in [-0.2, 0) is 9.59 Å². The minimum Gasteiger partial charge on any atom is -0.548 e. The van der Waals surface area contributed by atoms with Crippen LogP contribution in [0.1, 0.15) is 15.9 Å². The van der Waals surface area contributed by atoms with Gasteiger partial charge in [0.15, 0.2) is 0 Å². The van der Waals surface area contributed by atoms with Crippen LogP contribution in [0.5, 0.6) is 0 Å². The fourth-order valence-electron chi connectivity index (χ4n) is 1.92. The van der Waals surface area contributed by atoms with Crippen molar-refractivity contribution in [2.24, 2.45) is 0 Å². The number of carbonyl (C=O) groups is 3. The third kappa shape index (κ3) is 5.89. The van der Waals surface area contributed by atoms with Crippen LogP contribution in [0, 0.1) is 0 Å². The first kappa shape index (κ1) is 18.4. The molecule has 0 aliphatic rings. The van der Waals surface area contributed by atoms with Crippen molar-refractivity contribution in [3.63, 3.8) is 0 Å². The molecule has 0 aliphatic heterocycles. The van der Waals surface area contributed by atoms with E-state index in [1.807, 2.05) is 0 Å². The molecule has 2 amide bonds. The highest BCUT2D eigenvalue weighted by molar-refractivity contribution is 9.10. The van der Waals surface area contributed by atoms with Crippen molar-refractivity contribution in [2.45, 2.75) is 0 Å². The highest BCUT2D eigenvalue weighted by Crippen LogP contribution is 2.13.